The van der Waals surface area contributed by atoms with Crippen molar-refractivity contribution < 1.29 is 18.1 Å². The van der Waals surface area contributed by atoms with Crippen molar-refractivity contribution in [3.05, 3.63) is 69.3 Å². The second kappa shape index (κ2) is 9.92. The van der Waals surface area contributed by atoms with Crippen LogP contribution in [-0.4, -0.2) is 46.2 Å². The van der Waals surface area contributed by atoms with E-state index in [1.165, 1.54) is 34.6 Å². The van der Waals surface area contributed by atoms with E-state index in [9.17, 15) is 28.1 Å². The molecule has 1 amide bonds. The Bertz CT molecular complexity index is 1450. The van der Waals surface area contributed by atoms with Crippen molar-refractivity contribution in [3.8, 4) is 0 Å². The summed E-state index contributed by atoms with van der Waals surface area (Å²) in [6.07, 6.45) is 5.77. The van der Waals surface area contributed by atoms with E-state index in [0.717, 1.165) is 43.0 Å². The van der Waals surface area contributed by atoms with Crippen molar-refractivity contribution >= 4 is 38.2 Å². The first-order valence-corrected chi connectivity index (χ1v) is 12.6. The van der Waals surface area contributed by atoms with E-state index >= 15 is 0 Å². The fraction of sp³-hybridized carbons (Fsp3) is 0.348. The number of hydrogen-bond donors (Lipinski definition) is 1. The molecule has 0 radical (unpaired) electrons. The van der Waals surface area contributed by atoms with Gasteiger partial charge in [0.2, 0.25) is 15.9 Å². The molecule has 0 saturated heterocycles. The summed E-state index contributed by atoms with van der Waals surface area (Å²) in [6, 6.07) is 9.74. The van der Waals surface area contributed by atoms with Crippen molar-refractivity contribution in [1.82, 2.24) is 13.9 Å². The Balaban J connectivity index is 1.56. The molecule has 3 aromatic rings. The number of aromatic nitrogens is 2. The lowest BCUT2D eigenvalue weighted by Gasteiger charge is -2.30. The molecule has 0 spiro atoms. The van der Waals surface area contributed by atoms with Crippen LogP contribution >= 0.6 is 0 Å². The standard InChI is InChI=1S/C23H25N5O6S/c1-26(16-7-3-2-4-8-16)35(33,34)21-10-6-5-9-19(21)25-22(29)14-27-15-24-20-13-17(28(31)32)11-12-18(20)23(27)30/h5-6,9-13,15-16H,2-4,7-8,14H2,1H3,(H,25,29). The predicted octanol–water partition coefficient (Wildman–Crippen LogP) is 2.90. The third-order valence-corrected chi connectivity index (χ3v) is 8.21. The summed E-state index contributed by atoms with van der Waals surface area (Å²) in [5, 5.41) is 13.7. The summed E-state index contributed by atoms with van der Waals surface area (Å²) in [7, 11) is -2.29. The van der Waals surface area contributed by atoms with Crippen LogP contribution in [0.2, 0.25) is 0 Å². The highest BCUT2D eigenvalue weighted by atomic mass is 32.2. The quantitative estimate of drug-likeness (QED) is 0.389. The molecule has 0 atom stereocenters. The normalized spacial score (nSPS) is 14.8. The number of carbonyl (C=O) groups is 1. The minimum atomic E-state index is -3.85. The van der Waals surface area contributed by atoms with Gasteiger partial charge in [-0.15, -0.1) is 0 Å². The summed E-state index contributed by atoms with van der Waals surface area (Å²) in [5.41, 5.74) is -0.477. The molecule has 2 aromatic carbocycles. The zero-order valence-electron chi connectivity index (χ0n) is 19.1. The molecular formula is C23H25N5O6S. The molecule has 4 rings (SSSR count). The van der Waals surface area contributed by atoms with E-state index in [2.05, 4.69) is 10.3 Å². The zero-order chi connectivity index (χ0) is 25.2. The van der Waals surface area contributed by atoms with Crippen LogP contribution in [0.4, 0.5) is 11.4 Å². The van der Waals surface area contributed by atoms with Crippen LogP contribution in [0.5, 0.6) is 0 Å². The molecule has 0 bridgehead atoms. The van der Waals surface area contributed by atoms with E-state index in [4.69, 9.17) is 0 Å². The summed E-state index contributed by atoms with van der Waals surface area (Å²) in [6.45, 7) is -0.411. The van der Waals surface area contributed by atoms with E-state index in [1.807, 2.05) is 0 Å². The van der Waals surface area contributed by atoms with Gasteiger partial charge < -0.3 is 5.32 Å². The molecule has 1 fully saturated rings. The SMILES string of the molecule is CN(C1CCCCC1)S(=O)(=O)c1ccccc1NC(=O)Cn1cnc2cc([N+](=O)[O-])ccc2c1=O. The van der Waals surface area contributed by atoms with E-state index < -0.39 is 33.0 Å². The fourth-order valence-electron chi connectivity index (χ4n) is 4.31. The lowest BCUT2D eigenvalue weighted by atomic mass is 9.96. The van der Waals surface area contributed by atoms with Gasteiger partial charge in [-0.2, -0.15) is 4.31 Å². The smallest absolute Gasteiger partial charge is 0.271 e. The lowest BCUT2D eigenvalue weighted by molar-refractivity contribution is -0.384. The van der Waals surface area contributed by atoms with Crippen molar-refractivity contribution in [3.63, 3.8) is 0 Å². The van der Waals surface area contributed by atoms with Gasteiger partial charge in [-0.05, 0) is 31.0 Å². The van der Waals surface area contributed by atoms with Crippen LogP contribution in [-0.2, 0) is 21.4 Å². The Hall–Kier alpha value is -3.64. The number of rotatable bonds is 7. The number of nitrogens with zero attached hydrogens (tertiary/aromatic N) is 4. The van der Waals surface area contributed by atoms with Crippen LogP contribution in [0.25, 0.3) is 10.9 Å². The number of sulfonamides is 1. The van der Waals surface area contributed by atoms with Gasteiger partial charge in [0.1, 0.15) is 11.4 Å². The highest BCUT2D eigenvalue weighted by molar-refractivity contribution is 7.89. The van der Waals surface area contributed by atoms with Crippen LogP contribution < -0.4 is 10.9 Å². The van der Waals surface area contributed by atoms with Gasteiger partial charge >= 0.3 is 0 Å². The molecule has 35 heavy (non-hydrogen) atoms. The van der Waals surface area contributed by atoms with Crippen LogP contribution in [0.15, 0.2) is 58.5 Å². The van der Waals surface area contributed by atoms with Gasteiger partial charge in [0.25, 0.3) is 11.2 Å². The molecule has 1 heterocycles. The van der Waals surface area contributed by atoms with Crippen molar-refractivity contribution in [2.24, 2.45) is 0 Å². The molecular weight excluding hydrogens is 474 g/mol. The van der Waals surface area contributed by atoms with Gasteiger partial charge in [0.15, 0.2) is 0 Å². The monoisotopic (exact) mass is 499 g/mol. The molecule has 11 nitrogen and oxygen atoms in total. The molecule has 184 valence electrons. The molecule has 1 saturated carbocycles. The number of nitro benzene ring substituents is 1. The summed E-state index contributed by atoms with van der Waals surface area (Å²) in [4.78, 5) is 39.9. The van der Waals surface area contributed by atoms with Crippen LogP contribution in [0.1, 0.15) is 32.1 Å². The maximum absolute atomic E-state index is 13.3. The molecule has 1 aromatic heterocycles. The number of benzene rings is 2. The molecule has 1 N–H and O–H groups in total. The van der Waals surface area contributed by atoms with Gasteiger partial charge in [-0.1, -0.05) is 31.4 Å². The van der Waals surface area contributed by atoms with Crippen LogP contribution in [0.3, 0.4) is 0 Å². The number of para-hydroxylation sites is 1. The minimum Gasteiger partial charge on any atom is -0.323 e. The summed E-state index contributed by atoms with van der Waals surface area (Å²) in [5.74, 6) is -0.613. The highest BCUT2D eigenvalue weighted by Crippen LogP contribution is 2.29. The maximum Gasteiger partial charge on any atom is 0.271 e. The third kappa shape index (κ3) is 5.08. The first-order valence-electron chi connectivity index (χ1n) is 11.2. The molecule has 0 unspecified atom stereocenters. The Labute approximate surface area is 201 Å². The Morgan fingerprint density at radius 1 is 1.20 bits per heavy atom. The second-order valence-corrected chi connectivity index (χ2v) is 10.5. The Morgan fingerprint density at radius 2 is 1.91 bits per heavy atom. The predicted molar refractivity (Wildman–Crippen MR) is 130 cm³/mol. The van der Waals surface area contributed by atoms with E-state index in [-0.39, 0.29) is 33.2 Å². The average Bonchev–Trinajstić information content (AvgIpc) is 2.85. The lowest BCUT2D eigenvalue weighted by Crippen LogP contribution is -2.38. The van der Waals surface area contributed by atoms with Crippen molar-refractivity contribution in [1.29, 1.82) is 0 Å². The van der Waals surface area contributed by atoms with Gasteiger partial charge in [-0.25, -0.2) is 13.4 Å². The molecule has 1 aliphatic rings. The maximum atomic E-state index is 13.3. The van der Waals surface area contributed by atoms with Gasteiger partial charge in [0.05, 0.1) is 27.8 Å². The highest BCUT2D eigenvalue weighted by Gasteiger charge is 2.31. The third-order valence-electron chi connectivity index (χ3n) is 6.24. The largest absolute Gasteiger partial charge is 0.323 e. The number of fused-ring (bicyclic) bond motifs is 1. The number of amides is 1. The Morgan fingerprint density at radius 3 is 2.63 bits per heavy atom. The Kier molecular flexibility index (Phi) is 6.94. The van der Waals surface area contributed by atoms with E-state index in [0.29, 0.717) is 0 Å². The average molecular weight is 500 g/mol. The number of nitro groups is 1. The minimum absolute atomic E-state index is 0.0160. The number of hydrogen-bond acceptors (Lipinski definition) is 7. The number of carbonyl (C=O) groups excluding carboxylic acids is 1. The van der Waals surface area contributed by atoms with Crippen molar-refractivity contribution in [2.45, 2.75) is 49.6 Å². The number of anilines is 1. The summed E-state index contributed by atoms with van der Waals surface area (Å²) < 4.78 is 29.1. The zero-order valence-corrected chi connectivity index (χ0v) is 19.9. The number of non-ortho nitro benzene ring substituents is 1. The topological polar surface area (TPSA) is 145 Å². The first-order chi connectivity index (χ1) is 16.7. The summed E-state index contributed by atoms with van der Waals surface area (Å²) >= 11 is 0. The van der Waals surface area contributed by atoms with Crippen molar-refractivity contribution in [2.75, 3.05) is 12.4 Å². The fourth-order valence-corrected chi connectivity index (χ4v) is 5.87. The van der Waals surface area contributed by atoms with E-state index in [1.54, 1.807) is 19.2 Å². The molecule has 0 aliphatic heterocycles. The second-order valence-electron chi connectivity index (χ2n) is 8.49. The van der Waals surface area contributed by atoms with Gasteiger partial charge in [0, 0.05) is 25.2 Å². The van der Waals surface area contributed by atoms with Crippen LogP contribution in [0, 0.1) is 10.1 Å². The van der Waals surface area contributed by atoms with Gasteiger partial charge in [-0.3, -0.25) is 24.3 Å². The molecule has 1 aliphatic carbocycles. The number of nitrogens with one attached hydrogen (secondary N) is 1. The molecule has 12 heteroatoms. The first kappa shape index (κ1) is 24.5.